The van der Waals surface area contributed by atoms with Gasteiger partial charge in [-0.3, -0.25) is 4.57 Å². The van der Waals surface area contributed by atoms with E-state index in [9.17, 15) is 9.60 Å². The van der Waals surface area contributed by atoms with Crippen LogP contribution in [0.3, 0.4) is 0 Å². The molecule has 0 saturated carbocycles. The van der Waals surface area contributed by atoms with Crippen molar-refractivity contribution >= 4 is 32.8 Å². The molecule has 0 N–H and O–H groups in total. The van der Waals surface area contributed by atoms with Crippen LogP contribution < -0.4 is 9.30 Å². The number of para-hydroxylation sites is 1. The van der Waals surface area contributed by atoms with Crippen molar-refractivity contribution in [2.75, 3.05) is 0 Å². The number of imidazole rings is 1. The average molecular weight is 1210 g/mol. The van der Waals surface area contributed by atoms with Crippen LogP contribution in [0, 0.1) is 18.5 Å². The van der Waals surface area contributed by atoms with Gasteiger partial charge >= 0.3 is 0 Å². The first kappa shape index (κ1) is 26.3. The Morgan fingerprint density at radius 1 is 0.597 bits per heavy atom. The third-order valence-corrected chi connectivity index (χ3v) is 13.4. The van der Waals surface area contributed by atoms with Gasteiger partial charge in [0, 0.05) is 60.7 Å². The van der Waals surface area contributed by atoms with E-state index in [2.05, 4.69) is 39.2 Å². The van der Waals surface area contributed by atoms with Gasteiger partial charge in [-0.15, -0.1) is 29.7 Å². The Morgan fingerprint density at radius 2 is 1.27 bits per heavy atom. The van der Waals surface area contributed by atoms with Crippen LogP contribution in [0.1, 0.15) is 112 Å². The second-order valence-electron chi connectivity index (χ2n) is 19.5. The summed E-state index contributed by atoms with van der Waals surface area (Å²) in [6, 6.07) is 15.3. The maximum absolute atomic E-state index is 10.4. The number of fused-ring (bicyclic) bond motifs is 5. The van der Waals surface area contributed by atoms with Crippen LogP contribution in [0.2, 0.25) is 0 Å². The first-order valence-electron chi connectivity index (χ1n) is 38.9. The van der Waals surface area contributed by atoms with E-state index in [0.717, 1.165) is 38.6 Å². The average Bonchev–Trinajstić information content (AvgIpc) is 1.49. The third-order valence-electron chi connectivity index (χ3n) is 13.4. The molecule has 6 heteroatoms. The number of nitrogens with zero attached hydrogens (tertiary/aromatic N) is 4. The van der Waals surface area contributed by atoms with Crippen LogP contribution in [-0.2, 0) is 37.3 Å². The topological polar surface area (TPSA) is 35.9 Å². The molecule has 3 aromatic heterocycles. The van der Waals surface area contributed by atoms with Gasteiger partial charge in [-0.05, 0) is 131 Å². The number of hydrogen-bond acceptors (Lipinski definition) is 2. The minimum Gasteiger partial charge on any atom is -0.510 e. The van der Waals surface area contributed by atoms with Gasteiger partial charge in [-0.1, -0.05) is 193 Å². The number of hydrogen-bond donors (Lipinski definition) is 0. The van der Waals surface area contributed by atoms with E-state index in [1.54, 1.807) is 24.4 Å². The van der Waals surface area contributed by atoms with Crippen molar-refractivity contribution in [1.82, 2.24) is 14.1 Å². The number of ether oxygens (including phenoxy) is 1. The maximum atomic E-state index is 10.4. The molecule has 0 bridgehead atoms. The largest absolute Gasteiger partial charge is 0.510 e. The van der Waals surface area contributed by atoms with Gasteiger partial charge in [0.15, 0.2) is 0 Å². The molecule has 1 aliphatic rings. The van der Waals surface area contributed by atoms with Crippen molar-refractivity contribution in [3.8, 4) is 73.2 Å². The zero-order chi connectivity index (χ0) is 77.6. The first-order valence-corrected chi connectivity index (χ1v) is 23.9. The minimum absolute atomic E-state index is 0. The van der Waals surface area contributed by atoms with Crippen molar-refractivity contribution in [2.45, 2.75) is 70.8 Å². The summed E-state index contributed by atoms with van der Waals surface area (Å²) in [5.41, 5.74) is -13.4. The van der Waals surface area contributed by atoms with Crippen molar-refractivity contribution < 1.29 is 71.5 Å². The summed E-state index contributed by atoms with van der Waals surface area (Å²) in [7, 11) is 0. The molecule has 0 aliphatic heterocycles. The van der Waals surface area contributed by atoms with Crippen molar-refractivity contribution in [1.29, 1.82) is 0 Å². The van der Waals surface area contributed by atoms with E-state index < -0.39 is 204 Å². The fourth-order valence-corrected chi connectivity index (χ4v) is 9.86. The van der Waals surface area contributed by atoms with Gasteiger partial charge in [0.1, 0.15) is 5.82 Å². The summed E-state index contributed by atoms with van der Waals surface area (Å²) in [5, 5.41) is 1.67. The monoisotopic (exact) mass is 1210 g/mol. The smallest absolute Gasteiger partial charge is 0.268 e. The molecule has 1 aliphatic carbocycles. The molecule has 0 saturated heterocycles. The molecule has 5 nitrogen and oxygen atoms in total. The normalized spacial score (nSPS) is 19.9. The predicted octanol–water partition coefficient (Wildman–Crippen LogP) is 17.5. The summed E-state index contributed by atoms with van der Waals surface area (Å²) in [6.45, 7) is -9.66. The third kappa shape index (κ3) is 8.91. The molecule has 0 radical (unpaired) electrons. The number of pyridine rings is 1. The molecule has 0 unspecified atom stereocenters. The molecule has 9 aromatic carbocycles. The zero-order valence-electron chi connectivity index (χ0n) is 71.0. The Labute approximate surface area is 508 Å². The fraction of sp³-hybridized carbons (Fsp3) is 0.155. The van der Waals surface area contributed by atoms with E-state index in [1.807, 2.05) is 47.0 Å². The SMILES string of the molecule is [2H]c1c([2H])c([2H])c(-c2cc(-c3c([2H])c([2H])c([2H])c([2H])c3[2H])c(-[n+]3[c-]n(-c4[c-]c(Oc5[c-]c6c(cc5)c5ccccc5n6-c5cc(C(C)(C)C)ccn5)ccc4)c4cc(-c5c([2H])c([2H])c([2H])c([2H])c5[2H])ccc43)c(-c3c([2H])c([2H])c4c(c3[2H])C(C([2H])([2H])[2H])(C([2H])([2H])[2H])CC4(C([2H])([2H])[2H])C([2H])([2H])[2H])c2)c([2H])c1[2H].[Pt]. The Morgan fingerprint density at radius 3 is 2.00 bits per heavy atom. The molecule has 0 fully saturated rings. The van der Waals surface area contributed by atoms with Gasteiger partial charge in [0.25, 0.3) is 6.33 Å². The van der Waals surface area contributed by atoms with Crippen LogP contribution in [0.15, 0.2) is 212 Å². The quantitative estimate of drug-likeness (QED) is 0.107. The number of aromatic nitrogens is 4. The van der Waals surface area contributed by atoms with Crippen molar-refractivity contribution in [3.63, 3.8) is 0 Å². The molecule has 380 valence electrons. The van der Waals surface area contributed by atoms with Crippen molar-refractivity contribution in [2.24, 2.45) is 0 Å². The van der Waals surface area contributed by atoms with Crippen LogP contribution >= 0.6 is 0 Å². The summed E-state index contributed by atoms with van der Waals surface area (Å²) in [4.78, 5) is 4.78. The van der Waals surface area contributed by atoms with E-state index in [1.165, 1.54) is 28.8 Å². The van der Waals surface area contributed by atoms with Gasteiger partial charge in [-0.2, -0.15) is 18.2 Å². The Kier molecular flexibility index (Phi) is 6.54. The predicted molar refractivity (Wildman–Crippen MR) is 311 cm³/mol. The second-order valence-corrected chi connectivity index (χ2v) is 19.5. The maximum Gasteiger partial charge on any atom is 0.268 e. The molecular formula is C71H58N4OPt-2. The number of benzene rings is 9. The first-order chi connectivity index (χ1) is 49.2. The van der Waals surface area contributed by atoms with Crippen LogP contribution in [-0.4, -0.2) is 14.1 Å². The van der Waals surface area contributed by atoms with E-state index >= 15 is 0 Å². The Bertz CT molecular complexity index is 5670. The Balaban J connectivity index is 0.0000107. The summed E-state index contributed by atoms with van der Waals surface area (Å²) >= 11 is 0. The number of rotatable bonds is 9. The molecular weight excluding hydrogens is 1120 g/mol. The molecule has 13 rings (SSSR count). The van der Waals surface area contributed by atoms with Gasteiger partial charge in [-0.25, -0.2) is 4.98 Å². The summed E-state index contributed by atoms with van der Waals surface area (Å²) in [6.07, 6.45) is 3.09. The zero-order valence-corrected chi connectivity index (χ0v) is 43.3. The molecule has 0 atom stereocenters. The van der Waals surface area contributed by atoms with Crippen molar-refractivity contribution in [3.05, 3.63) is 247 Å². The minimum atomic E-state index is -4.01. The summed E-state index contributed by atoms with van der Waals surface area (Å²) < 4.78 is 284. The fourth-order valence-electron chi connectivity index (χ4n) is 9.86. The van der Waals surface area contributed by atoms with Crippen LogP contribution in [0.25, 0.3) is 94.5 Å². The molecule has 0 amide bonds. The van der Waals surface area contributed by atoms with Gasteiger partial charge in [0.05, 0.1) is 41.4 Å². The molecule has 0 spiro atoms. The standard InChI is InChI=1S/C71H58N4O.Pt/c1-69(2,3)53-36-37-72-67(42-53)75-63-29-18-17-28-57(63)58-33-32-56(44-65(58)75)76-55-27-19-26-54(43-55)73-46-74(64-35-31-50(41-66(64)73)47-20-11-8-12-21-47)68-59(49-24-15-10-16-25-49)38-52(48-22-13-9-14-23-48)39-60(68)51-30-34-61-62(40-51)71(6,7)45-70(61,4)5;/h8-42H,45H2,1-7H3;/q-2;/i4D3,5D3,6D3,7D3,8D,9D,10D,11D,12D,13D,14D,15D,16D,20D,21D,22D,23D,24D,25D,30D,34D,40D;. The Hall–Kier alpha value is -8.11. The molecule has 3 heterocycles. The van der Waals surface area contributed by atoms with Crippen LogP contribution in [0.4, 0.5) is 0 Å². The molecule has 77 heavy (non-hydrogen) atoms. The molecule has 12 aromatic rings. The van der Waals surface area contributed by atoms with E-state index in [4.69, 9.17) is 41.2 Å². The van der Waals surface area contributed by atoms with E-state index in [-0.39, 0.29) is 65.8 Å². The van der Waals surface area contributed by atoms with Crippen LogP contribution in [0.5, 0.6) is 11.5 Å². The summed E-state index contributed by atoms with van der Waals surface area (Å²) in [5.74, 6) is 0.762. The van der Waals surface area contributed by atoms with Gasteiger partial charge in [0.2, 0.25) is 0 Å². The van der Waals surface area contributed by atoms with E-state index in [0.29, 0.717) is 11.3 Å². The van der Waals surface area contributed by atoms with Gasteiger partial charge < -0.3 is 13.9 Å². The second kappa shape index (κ2) is 19.2.